The summed E-state index contributed by atoms with van der Waals surface area (Å²) in [5.74, 6) is 0.371. The van der Waals surface area contributed by atoms with Gasteiger partial charge in [0.25, 0.3) is 0 Å². The maximum atomic E-state index is 11.0. The Balaban J connectivity index is 1.95. The zero-order valence-electron chi connectivity index (χ0n) is 7.12. The van der Waals surface area contributed by atoms with Crippen LogP contribution in [-0.4, -0.2) is 23.8 Å². The lowest BCUT2D eigenvalue weighted by molar-refractivity contribution is -0.116. The standard InChI is InChI=1S/C9H10BrNOS/c10-7-3-9(13-6-7)5-11-2-1-8(12)4-11/h3,6H,1-2,4-5H2. The summed E-state index contributed by atoms with van der Waals surface area (Å²) in [5, 5.41) is 2.08. The van der Waals surface area contributed by atoms with Crippen molar-refractivity contribution >= 4 is 33.0 Å². The molecule has 2 rings (SSSR count). The minimum Gasteiger partial charge on any atom is -0.298 e. The quantitative estimate of drug-likeness (QED) is 0.813. The Hall–Kier alpha value is -0.190. The van der Waals surface area contributed by atoms with E-state index in [0.717, 1.165) is 24.0 Å². The summed E-state index contributed by atoms with van der Waals surface area (Å²) in [5.41, 5.74) is 0. The lowest BCUT2D eigenvalue weighted by Gasteiger charge is -2.10. The monoisotopic (exact) mass is 259 g/mol. The van der Waals surface area contributed by atoms with Crippen LogP contribution in [0.2, 0.25) is 0 Å². The molecule has 13 heavy (non-hydrogen) atoms. The molecule has 0 spiro atoms. The van der Waals surface area contributed by atoms with Gasteiger partial charge in [-0.15, -0.1) is 11.3 Å². The van der Waals surface area contributed by atoms with Crippen LogP contribution in [0.5, 0.6) is 0 Å². The fourth-order valence-corrected chi connectivity index (χ4v) is 2.97. The van der Waals surface area contributed by atoms with Crippen molar-refractivity contribution in [3.05, 3.63) is 20.8 Å². The SMILES string of the molecule is O=C1CCN(Cc2cc(Br)cs2)C1. The highest BCUT2D eigenvalue weighted by Crippen LogP contribution is 2.22. The smallest absolute Gasteiger partial charge is 0.148 e. The van der Waals surface area contributed by atoms with E-state index in [1.54, 1.807) is 11.3 Å². The molecule has 0 bridgehead atoms. The van der Waals surface area contributed by atoms with Crippen LogP contribution in [0.25, 0.3) is 0 Å². The van der Waals surface area contributed by atoms with E-state index < -0.39 is 0 Å². The highest BCUT2D eigenvalue weighted by Gasteiger charge is 2.19. The van der Waals surface area contributed by atoms with Crippen molar-refractivity contribution in [2.45, 2.75) is 13.0 Å². The summed E-state index contributed by atoms with van der Waals surface area (Å²) in [6, 6.07) is 2.12. The first-order valence-corrected chi connectivity index (χ1v) is 5.88. The summed E-state index contributed by atoms with van der Waals surface area (Å²) >= 11 is 5.16. The van der Waals surface area contributed by atoms with Crippen LogP contribution in [0.4, 0.5) is 0 Å². The second-order valence-electron chi connectivity index (χ2n) is 3.23. The molecule has 0 amide bonds. The number of carbonyl (C=O) groups is 1. The van der Waals surface area contributed by atoms with Gasteiger partial charge in [-0.25, -0.2) is 0 Å². The van der Waals surface area contributed by atoms with Gasteiger partial charge in [0.15, 0.2) is 0 Å². The van der Waals surface area contributed by atoms with Gasteiger partial charge in [-0.2, -0.15) is 0 Å². The Morgan fingerprint density at radius 2 is 2.46 bits per heavy atom. The first-order valence-electron chi connectivity index (χ1n) is 4.21. The topological polar surface area (TPSA) is 20.3 Å². The average molecular weight is 260 g/mol. The van der Waals surface area contributed by atoms with Gasteiger partial charge < -0.3 is 0 Å². The molecule has 0 radical (unpaired) electrons. The molecule has 0 saturated carbocycles. The number of hydrogen-bond acceptors (Lipinski definition) is 3. The summed E-state index contributed by atoms with van der Waals surface area (Å²) in [4.78, 5) is 14.5. The molecule has 2 nitrogen and oxygen atoms in total. The molecule has 0 N–H and O–H groups in total. The van der Waals surface area contributed by atoms with Crippen molar-refractivity contribution in [2.24, 2.45) is 0 Å². The average Bonchev–Trinajstić information content (AvgIpc) is 2.62. The zero-order valence-corrected chi connectivity index (χ0v) is 9.53. The molecule has 0 aromatic carbocycles. The summed E-state index contributed by atoms with van der Waals surface area (Å²) in [7, 11) is 0. The maximum Gasteiger partial charge on any atom is 0.148 e. The third-order valence-electron chi connectivity index (χ3n) is 2.11. The van der Waals surface area contributed by atoms with Crippen LogP contribution >= 0.6 is 27.3 Å². The Labute approximate surface area is 89.7 Å². The van der Waals surface area contributed by atoms with E-state index in [2.05, 4.69) is 32.3 Å². The van der Waals surface area contributed by atoms with Gasteiger partial charge in [-0.1, -0.05) is 0 Å². The number of rotatable bonds is 2. The van der Waals surface area contributed by atoms with E-state index in [4.69, 9.17) is 0 Å². The summed E-state index contributed by atoms with van der Waals surface area (Å²) in [6.07, 6.45) is 0.729. The molecule has 70 valence electrons. The maximum absolute atomic E-state index is 11.0. The molecule has 0 atom stereocenters. The largest absolute Gasteiger partial charge is 0.298 e. The number of nitrogens with zero attached hydrogens (tertiary/aromatic N) is 1. The van der Waals surface area contributed by atoms with E-state index in [1.165, 1.54) is 4.88 Å². The Kier molecular flexibility index (Phi) is 2.81. The van der Waals surface area contributed by atoms with Crippen LogP contribution in [0, 0.1) is 0 Å². The third-order valence-corrected chi connectivity index (χ3v) is 3.79. The molecule has 1 aromatic rings. The van der Waals surface area contributed by atoms with Crippen molar-refractivity contribution in [1.82, 2.24) is 4.90 Å². The minimum absolute atomic E-state index is 0.371. The van der Waals surface area contributed by atoms with Gasteiger partial charge in [0.2, 0.25) is 0 Å². The fraction of sp³-hybridized carbons (Fsp3) is 0.444. The molecule has 2 heterocycles. The molecule has 1 aliphatic heterocycles. The van der Waals surface area contributed by atoms with Crippen LogP contribution in [0.1, 0.15) is 11.3 Å². The van der Waals surface area contributed by atoms with Gasteiger partial charge in [0.05, 0.1) is 6.54 Å². The molecule has 1 aliphatic rings. The van der Waals surface area contributed by atoms with Gasteiger partial charge in [0.1, 0.15) is 5.78 Å². The molecular weight excluding hydrogens is 250 g/mol. The zero-order chi connectivity index (χ0) is 9.26. The van der Waals surface area contributed by atoms with Crippen molar-refractivity contribution in [1.29, 1.82) is 0 Å². The van der Waals surface area contributed by atoms with Crippen molar-refractivity contribution < 1.29 is 4.79 Å². The van der Waals surface area contributed by atoms with Gasteiger partial charge in [-0.3, -0.25) is 9.69 Å². The number of thiophene rings is 1. The molecule has 4 heteroatoms. The fourth-order valence-electron chi connectivity index (χ4n) is 1.48. The first-order chi connectivity index (χ1) is 6.24. The number of Topliss-reactive ketones (excluding diaryl/α,β-unsaturated/α-hetero) is 1. The lowest BCUT2D eigenvalue weighted by Crippen LogP contribution is -2.19. The van der Waals surface area contributed by atoms with E-state index in [9.17, 15) is 4.79 Å². The summed E-state index contributed by atoms with van der Waals surface area (Å²) in [6.45, 7) is 2.48. The highest BCUT2D eigenvalue weighted by molar-refractivity contribution is 9.10. The van der Waals surface area contributed by atoms with Crippen LogP contribution < -0.4 is 0 Å². The predicted octanol–water partition coefficient (Wildman–Crippen LogP) is 2.29. The predicted molar refractivity (Wildman–Crippen MR) is 56.9 cm³/mol. The second kappa shape index (κ2) is 3.90. The molecule has 1 saturated heterocycles. The van der Waals surface area contributed by atoms with Crippen LogP contribution in [-0.2, 0) is 11.3 Å². The Morgan fingerprint density at radius 1 is 1.62 bits per heavy atom. The van der Waals surface area contributed by atoms with Gasteiger partial charge in [0, 0.05) is 34.2 Å². The molecule has 0 aliphatic carbocycles. The van der Waals surface area contributed by atoms with E-state index in [-0.39, 0.29) is 0 Å². The van der Waals surface area contributed by atoms with Gasteiger partial charge >= 0.3 is 0 Å². The van der Waals surface area contributed by atoms with Crippen molar-refractivity contribution in [3.8, 4) is 0 Å². The number of halogens is 1. The molecule has 1 aromatic heterocycles. The Bertz CT molecular complexity index is 323. The number of hydrogen-bond donors (Lipinski definition) is 0. The van der Waals surface area contributed by atoms with E-state index in [0.29, 0.717) is 12.3 Å². The van der Waals surface area contributed by atoms with Crippen molar-refractivity contribution in [3.63, 3.8) is 0 Å². The summed E-state index contributed by atoms with van der Waals surface area (Å²) < 4.78 is 1.14. The van der Waals surface area contributed by atoms with Crippen LogP contribution in [0.15, 0.2) is 15.9 Å². The van der Waals surface area contributed by atoms with E-state index in [1.807, 2.05) is 0 Å². The highest BCUT2D eigenvalue weighted by atomic mass is 79.9. The van der Waals surface area contributed by atoms with E-state index >= 15 is 0 Å². The second-order valence-corrected chi connectivity index (χ2v) is 5.14. The van der Waals surface area contributed by atoms with Gasteiger partial charge in [-0.05, 0) is 22.0 Å². The third kappa shape index (κ3) is 2.39. The molecule has 0 unspecified atom stereocenters. The first kappa shape index (κ1) is 9.37. The van der Waals surface area contributed by atoms with Crippen molar-refractivity contribution in [2.75, 3.05) is 13.1 Å². The number of likely N-dealkylation sites (tertiary alicyclic amines) is 1. The Morgan fingerprint density at radius 3 is 3.00 bits per heavy atom. The normalized spacial score (nSPS) is 18.4. The molecular formula is C9H10BrNOS. The van der Waals surface area contributed by atoms with Crippen LogP contribution in [0.3, 0.4) is 0 Å². The molecule has 1 fully saturated rings. The number of ketones is 1. The lowest BCUT2D eigenvalue weighted by atomic mass is 10.4. The minimum atomic E-state index is 0.371. The number of carbonyl (C=O) groups excluding carboxylic acids is 1.